The molecule has 17 heavy (non-hydrogen) atoms. The molecule has 1 aliphatic heterocycles. The molecule has 0 N–H and O–H groups in total. The number of para-hydroxylation sites is 1. The Labute approximate surface area is 100 Å². The summed E-state index contributed by atoms with van der Waals surface area (Å²) < 4.78 is 35.0. The van der Waals surface area contributed by atoms with Crippen molar-refractivity contribution in [3.05, 3.63) is 35.2 Å². The van der Waals surface area contributed by atoms with Crippen LogP contribution in [0.4, 0.5) is 8.78 Å². The molecule has 0 saturated carbocycles. The molecule has 1 aromatic heterocycles. The molecule has 0 amide bonds. The van der Waals surface area contributed by atoms with Crippen molar-refractivity contribution in [1.29, 1.82) is 0 Å². The van der Waals surface area contributed by atoms with E-state index in [-0.39, 0.29) is 11.5 Å². The molecule has 2 heterocycles. The van der Waals surface area contributed by atoms with E-state index in [2.05, 4.69) is 9.47 Å². The third kappa shape index (κ3) is 1.67. The molecule has 5 heteroatoms. The molecule has 0 unspecified atom stereocenters. The van der Waals surface area contributed by atoms with Gasteiger partial charge in [-0.1, -0.05) is 6.07 Å². The van der Waals surface area contributed by atoms with Gasteiger partial charge in [0.25, 0.3) is 0 Å². The number of hydrogen-bond acceptors (Lipinski definition) is 3. The van der Waals surface area contributed by atoms with Crippen LogP contribution in [0.25, 0.3) is 10.4 Å². The first-order chi connectivity index (χ1) is 8.07. The van der Waals surface area contributed by atoms with Gasteiger partial charge in [-0.3, -0.25) is 0 Å². The number of alkyl halides is 2. The first-order valence-corrected chi connectivity index (χ1v) is 5.88. The van der Waals surface area contributed by atoms with Crippen molar-refractivity contribution in [1.82, 2.24) is 0 Å². The number of thiophene rings is 1. The summed E-state index contributed by atoms with van der Waals surface area (Å²) in [6.45, 7) is 1.93. The number of ether oxygens (including phenoxy) is 2. The fourth-order valence-electron chi connectivity index (χ4n) is 1.80. The maximum Gasteiger partial charge on any atom is 0.586 e. The lowest BCUT2D eigenvalue weighted by molar-refractivity contribution is -0.286. The smallest absolute Gasteiger partial charge is 0.395 e. The number of fused-ring (bicyclic) bond motifs is 1. The molecule has 3 rings (SSSR count). The van der Waals surface area contributed by atoms with Crippen LogP contribution in [-0.4, -0.2) is 6.29 Å². The van der Waals surface area contributed by atoms with E-state index in [0.29, 0.717) is 5.56 Å². The second-order valence-corrected chi connectivity index (χ2v) is 4.65. The van der Waals surface area contributed by atoms with E-state index >= 15 is 0 Å². The molecule has 1 aromatic carbocycles. The molecule has 0 spiro atoms. The van der Waals surface area contributed by atoms with Crippen LogP contribution in [0.15, 0.2) is 29.6 Å². The Kier molecular flexibility index (Phi) is 2.13. The Bertz CT molecular complexity index is 578. The minimum atomic E-state index is -3.57. The van der Waals surface area contributed by atoms with Gasteiger partial charge in [0.2, 0.25) is 0 Å². The van der Waals surface area contributed by atoms with Gasteiger partial charge in [0, 0.05) is 10.4 Å². The van der Waals surface area contributed by atoms with Gasteiger partial charge in [0.05, 0.1) is 0 Å². The molecule has 1 aliphatic rings. The number of hydrogen-bond donors (Lipinski definition) is 0. The number of halogens is 2. The van der Waals surface area contributed by atoms with Gasteiger partial charge in [0.1, 0.15) is 0 Å². The molecule has 2 aromatic rings. The van der Waals surface area contributed by atoms with Gasteiger partial charge in [-0.15, -0.1) is 20.1 Å². The van der Waals surface area contributed by atoms with Crippen molar-refractivity contribution >= 4 is 11.3 Å². The summed E-state index contributed by atoms with van der Waals surface area (Å²) in [7, 11) is 0. The normalized spacial score (nSPS) is 16.2. The van der Waals surface area contributed by atoms with Gasteiger partial charge < -0.3 is 9.47 Å². The number of benzene rings is 1. The average Bonchev–Trinajstić information content (AvgIpc) is 2.78. The van der Waals surface area contributed by atoms with Crippen LogP contribution in [-0.2, 0) is 0 Å². The van der Waals surface area contributed by atoms with E-state index in [0.717, 1.165) is 10.4 Å². The maximum atomic E-state index is 13.0. The van der Waals surface area contributed by atoms with Gasteiger partial charge in [-0.25, -0.2) is 0 Å². The second-order valence-electron chi connectivity index (χ2n) is 3.73. The summed E-state index contributed by atoms with van der Waals surface area (Å²) >= 11 is 1.49. The minimum absolute atomic E-state index is 0.0836. The van der Waals surface area contributed by atoms with E-state index in [9.17, 15) is 8.78 Å². The zero-order valence-corrected chi connectivity index (χ0v) is 9.68. The average molecular weight is 254 g/mol. The van der Waals surface area contributed by atoms with Gasteiger partial charge in [-0.05, 0) is 36.1 Å². The Morgan fingerprint density at radius 3 is 2.71 bits per heavy atom. The van der Waals surface area contributed by atoms with Crippen LogP contribution < -0.4 is 9.47 Å². The topological polar surface area (TPSA) is 18.5 Å². The fourth-order valence-corrected chi connectivity index (χ4v) is 2.75. The first-order valence-electron chi connectivity index (χ1n) is 5.00. The van der Waals surface area contributed by atoms with Crippen LogP contribution in [0.2, 0.25) is 0 Å². The van der Waals surface area contributed by atoms with Crippen LogP contribution >= 0.6 is 11.3 Å². The second kappa shape index (κ2) is 3.43. The zero-order chi connectivity index (χ0) is 12.0. The predicted octanol–water partition coefficient (Wildman–Crippen LogP) is 4.05. The SMILES string of the molecule is Cc1ccsc1-c1cccc2c1OC(F)(F)O2. The van der Waals surface area contributed by atoms with Crippen LogP contribution in [0.3, 0.4) is 0 Å². The van der Waals surface area contributed by atoms with Crippen molar-refractivity contribution in [3.63, 3.8) is 0 Å². The number of aryl methyl sites for hydroxylation is 1. The molecular weight excluding hydrogens is 246 g/mol. The van der Waals surface area contributed by atoms with Gasteiger partial charge in [0.15, 0.2) is 11.5 Å². The van der Waals surface area contributed by atoms with Gasteiger partial charge >= 0.3 is 6.29 Å². The standard InChI is InChI=1S/C12H8F2O2S/c1-7-5-6-17-11(7)8-3-2-4-9-10(8)16-12(13,14)15-9/h2-6H,1H3. The van der Waals surface area contributed by atoms with Crippen LogP contribution in [0.5, 0.6) is 11.5 Å². The highest BCUT2D eigenvalue weighted by Gasteiger charge is 2.44. The lowest BCUT2D eigenvalue weighted by atomic mass is 10.1. The van der Waals surface area contributed by atoms with Crippen LogP contribution in [0.1, 0.15) is 5.56 Å². The summed E-state index contributed by atoms with van der Waals surface area (Å²) in [4.78, 5) is 0.920. The molecule has 0 radical (unpaired) electrons. The Balaban J connectivity index is 2.16. The van der Waals surface area contributed by atoms with E-state index in [1.54, 1.807) is 12.1 Å². The minimum Gasteiger partial charge on any atom is -0.395 e. The summed E-state index contributed by atoms with van der Waals surface area (Å²) in [5.41, 5.74) is 1.68. The third-order valence-corrected chi connectivity index (χ3v) is 3.59. The molecule has 0 saturated heterocycles. The molecular formula is C12H8F2O2S. The zero-order valence-electron chi connectivity index (χ0n) is 8.87. The molecule has 0 atom stereocenters. The molecule has 2 nitrogen and oxygen atoms in total. The lowest BCUT2D eigenvalue weighted by Crippen LogP contribution is -2.26. The van der Waals surface area contributed by atoms with E-state index in [4.69, 9.17) is 0 Å². The van der Waals surface area contributed by atoms with Crippen molar-refractivity contribution in [2.45, 2.75) is 13.2 Å². The summed E-state index contributed by atoms with van der Waals surface area (Å²) in [5.74, 6) is 0.198. The van der Waals surface area contributed by atoms with Crippen molar-refractivity contribution < 1.29 is 18.3 Å². The number of rotatable bonds is 1. The van der Waals surface area contributed by atoms with E-state index < -0.39 is 6.29 Å². The summed E-state index contributed by atoms with van der Waals surface area (Å²) in [5, 5.41) is 1.91. The monoisotopic (exact) mass is 254 g/mol. The van der Waals surface area contributed by atoms with Gasteiger partial charge in [-0.2, -0.15) is 0 Å². The Hall–Kier alpha value is -1.62. The highest BCUT2D eigenvalue weighted by atomic mass is 32.1. The van der Waals surface area contributed by atoms with E-state index in [1.807, 2.05) is 18.4 Å². The summed E-state index contributed by atoms with van der Waals surface area (Å²) in [6, 6.07) is 6.84. The van der Waals surface area contributed by atoms with Crippen molar-refractivity contribution in [3.8, 4) is 21.9 Å². The molecule has 88 valence electrons. The summed E-state index contributed by atoms with van der Waals surface area (Å²) in [6.07, 6.45) is -3.57. The van der Waals surface area contributed by atoms with Crippen molar-refractivity contribution in [2.75, 3.05) is 0 Å². The maximum absolute atomic E-state index is 13.0. The highest BCUT2D eigenvalue weighted by molar-refractivity contribution is 7.13. The van der Waals surface area contributed by atoms with Crippen molar-refractivity contribution in [2.24, 2.45) is 0 Å². The Morgan fingerprint density at radius 2 is 2.00 bits per heavy atom. The molecule has 0 bridgehead atoms. The highest BCUT2D eigenvalue weighted by Crippen LogP contribution is 2.48. The fraction of sp³-hybridized carbons (Fsp3) is 0.167. The molecule has 0 fully saturated rings. The van der Waals surface area contributed by atoms with Crippen LogP contribution in [0, 0.1) is 6.92 Å². The Morgan fingerprint density at radius 1 is 1.18 bits per heavy atom. The largest absolute Gasteiger partial charge is 0.586 e. The lowest BCUT2D eigenvalue weighted by Gasteiger charge is -2.06. The van der Waals surface area contributed by atoms with E-state index in [1.165, 1.54) is 17.4 Å². The molecule has 0 aliphatic carbocycles. The first kappa shape index (κ1) is 10.5. The predicted molar refractivity (Wildman–Crippen MR) is 60.7 cm³/mol. The third-order valence-electron chi connectivity index (χ3n) is 2.54. The quantitative estimate of drug-likeness (QED) is 0.764.